The summed E-state index contributed by atoms with van der Waals surface area (Å²) in [6, 6.07) is 8.22. The van der Waals surface area contributed by atoms with Crippen molar-refractivity contribution in [1.29, 1.82) is 0 Å². The third-order valence-corrected chi connectivity index (χ3v) is 4.41. The van der Waals surface area contributed by atoms with Gasteiger partial charge in [-0.3, -0.25) is 14.6 Å². The summed E-state index contributed by atoms with van der Waals surface area (Å²) in [6.07, 6.45) is 0. The molecule has 0 unspecified atom stereocenters. The van der Waals surface area contributed by atoms with Gasteiger partial charge in [0.05, 0.1) is 11.4 Å². The molecule has 0 saturated carbocycles. The summed E-state index contributed by atoms with van der Waals surface area (Å²) in [7, 11) is 0. The molecule has 0 aliphatic heterocycles. The second kappa shape index (κ2) is 8.13. The quantitative estimate of drug-likeness (QED) is 0.340. The summed E-state index contributed by atoms with van der Waals surface area (Å²) in [5.74, 6) is -5.55. The zero-order valence-corrected chi connectivity index (χ0v) is 14.8. The van der Waals surface area contributed by atoms with Crippen LogP contribution in [-0.4, -0.2) is 26.8 Å². The Morgan fingerprint density at radius 2 is 1.86 bits per heavy atom. The maximum Gasteiger partial charge on any atom is 0.278 e. The van der Waals surface area contributed by atoms with Crippen LogP contribution < -0.4 is 16.6 Å². The van der Waals surface area contributed by atoms with Crippen molar-refractivity contribution in [3.05, 3.63) is 64.2 Å². The van der Waals surface area contributed by atoms with Crippen molar-refractivity contribution in [2.45, 2.75) is 5.16 Å². The van der Waals surface area contributed by atoms with Gasteiger partial charge in [-0.1, -0.05) is 30.0 Å². The van der Waals surface area contributed by atoms with E-state index in [0.717, 1.165) is 17.8 Å². The maximum absolute atomic E-state index is 13.6. The molecule has 1 heterocycles. The first kappa shape index (κ1) is 19.4. The average Bonchev–Trinajstić information content (AvgIpc) is 2.68. The lowest BCUT2D eigenvalue weighted by Crippen LogP contribution is -2.18. The molecule has 0 spiro atoms. The number of aromatic nitrogens is 3. The molecule has 28 heavy (non-hydrogen) atoms. The number of amides is 1. The fourth-order valence-corrected chi connectivity index (χ4v) is 2.82. The van der Waals surface area contributed by atoms with E-state index in [2.05, 4.69) is 20.5 Å². The van der Waals surface area contributed by atoms with E-state index in [9.17, 15) is 22.8 Å². The van der Waals surface area contributed by atoms with Gasteiger partial charge in [-0.15, -0.1) is 10.2 Å². The second-order valence-electron chi connectivity index (χ2n) is 5.45. The summed E-state index contributed by atoms with van der Waals surface area (Å²) >= 11 is 0.821. The molecule has 11 heteroatoms. The van der Waals surface area contributed by atoms with Crippen LogP contribution in [0, 0.1) is 17.5 Å². The number of carbonyl (C=O) groups excluding carboxylic acids is 1. The van der Waals surface area contributed by atoms with Gasteiger partial charge in [-0.05, 0) is 18.2 Å². The molecule has 144 valence electrons. The number of thioether (sulfide) groups is 1. The Bertz CT molecular complexity index is 1110. The Balaban J connectivity index is 1.68. The molecular formula is C17H12F3N5O2S. The standard InChI is InChI=1S/C17H12F3N5O2S/c18-9-5-6-11(14(20)13(9)19)22-12(26)7-28-17-23-16(27)15(24-25-17)8-3-1-2-4-10(8)21/h1-6H,7,21H2,(H,22,26)(H,23,25,27). The number of aromatic amines is 1. The molecule has 1 aromatic heterocycles. The first-order chi connectivity index (χ1) is 13.4. The Hall–Kier alpha value is -3.34. The molecule has 0 radical (unpaired) electrons. The monoisotopic (exact) mass is 407 g/mol. The molecule has 0 atom stereocenters. The van der Waals surface area contributed by atoms with Crippen LogP contribution in [0.2, 0.25) is 0 Å². The van der Waals surface area contributed by atoms with Crippen LogP contribution in [0.4, 0.5) is 24.5 Å². The van der Waals surface area contributed by atoms with Crippen LogP contribution in [0.25, 0.3) is 11.3 Å². The van der Waals surface area contributed by atoms with E-state index >= 15 is 0 Å². The second-order valence-corrected chi connectivity index (χ2v) is 6.42. The van der Waals surface area contributed by atoms with E-state index in [1.165, 1.54) is 0 Å². The number of rotatable bonds is 5. The van der Waals surface area contributed by atoms with E-state index in [4.69, 9.17) is 5.73 Å². The lowest BCUT2D eigenvalue weighted by molar-refractivity contribution is -0.113. The van der Waals surface area contributed by atoms with E-state index in [-0.39, 0.29) is 16.6 Å². The van der Waals surface area contributed by atoms with Crippen LogP contribution in [0.1, 0.15) is 0 Å². The fraction of sp³-hybridized carbons (Fsp3) is 0.0588. The third kappa shape index (κ3) is 4.14. The molecule has 1 amide bonds. The minimum atomic E-state index is -1.68. The summed E-state index contributed by atoms with van der Waals surface area (Å²) in [5.41, 5.74) is 5.55. The SMILES string of the molecule is Nc1ccccc1-c1nnc(SCC(=O)Nc2ccc(F)c(F)c2F)[nH]c1=O. The minimum Gasteiger partial charge on any atom is -0.398 e. The van der Waals surface area contributed by atoms with Gasteiger partial charge in [0.25, 0.3) is 5.56 Å². The van der Waals surface area contributed by atoms with E-state index < -0.39 is 34.6 Å². The van der Waals surface area contributed by atoms with Crippen molar-refractivity contribution in [2.75, 3.05) is 16.8 Å². The van der Waals surface area contributed by atoms with E-state index in [1.807, 2.05) is 0 Å². The topological polar surface area (TPSA) is 114 Å². The molecule has 0 saturated heterocycles. The Morgan fingerprint density at radius 1 is 1.11 bits per heavy atom. The lowest BCUT2D eigenvalue weighted by atomic mass is 10.1. The van der Waals surface area contributed by atoms with E-state index in [0.29, 0.717) is 17.3 Å². The highest BCUT2D eigenvalue weighted by Gasteiger charge is 2.16. The third-order valence-electron chi connectivity index (χ3n) is 3.54. The zero-order valence-electron chi connectivity index (χ0n) is 14.0. The molecule has 3 rings (SSSR count). The van der Waals surface area contributed by atoms with Gasteiger partial charge >= 0.3 is 0 Å². The summed E-state index contributed by atoms with van der Waals surface area (Å²) in [5, 5.41) is 9.80. The smallest absolute Gasteiger partial charge is 0.278 e. The summed E-state index contributed by atoms with van der Waals surface area (Å²) in [6.45, 7) is 0. The van der Waals surface area contributed by atoms with Gasteiger partial charge in [0.15, 0.2) is 28.3 Å². The van der Waals surface area contributed by atoms with E-state index in [1.54, 1.807) is 24.3 Å². The summed E-state index contributed by atoms with van der Waals surface area (Å²) in [4.78, 5) is 26.5. The number of nitrogens with zero attached hydrogens (tertiary/aromatic N) is 2. The Labute approximate surface area is 160 Å². The number of benzene rings is 2. The van der Waals surface area contributed by atoms with Crippen molar-refractivity contribution in [2.24, 2.45) is 0 Å². The van der Waals surface area contributed by atoms with Gasteiger partial charge in [0, 0.05) is 11.3 Å². The largest absolute Gasteiger partial charge is 0.398 e. The highest BCUT2D eigenvalue weighted by Crippen LogP contribution is 2.22. The van der Waals surface area contributed by atoms with Crippen molar-refractivity contribution in [1.82, 2.24) is 15.2 Å². The van der Waals surface area contributed by atoms with Crippen molar-refractivity contribution in [3.63, 3.8) is 0 Å². The van der Waals surface area contributed by atoms with Crippen LogP contribution in [0.15, 0.2) is 46.3 Å². The molecule has 0 bridgehead atoms. The average molecular weight is 407 g/mol. The Morgan fingerprint density at radius 3 is 2.57 bits per heavy atom. The van der Waals surface area contributed by atoms with Gasteiger partial charge in [-0.2, -0.15) is 0 Å². The fourth-order valence-electron chi connectivity index (χ4n) is 2.22. The molecule has 2 aromatic carbocycles. The van der Waals surface area contributed by atoms with Crippen LogP contribution in [-0.2, 0) is 4.79 Å². The number of H-pyrrole nitrogens is 1. The normalized spacial score (nSPS) is 10.7. The predicted octanol–water partition coefficient (Wildman–Crippen LogP) is 2.56. The first-order valence-corrected chi connectivity index (χ1v) is 8.73. The van der Waals surface area contributed by atoms with Crippen LogP contribution in [0.5, 0.6) is 0 Å². The number of hydrogen-bond acceptors (Lipinski definition) is 6. The predicted molar refractivity (Wildman–Crippen MR) is 98.2 cm³/mol. The number of nitrogens with two attached hydrogens (primary N) is 1. The number of nitrogens with one attached hydrogen (secondary N) is 2. The number of halogens is 3. The van der Waals surface area contributed by atoms with Crippen LogP contribution >= 0.6 is 11.8 Å². The maximum atomic E-state index is 13.6. The number of hydrogen-bond donors (Lipinski definition) is 3. The first-order valence-electron chi connectivity index (χ1n) is 7.75. The van der Waals surface area contributed by atoms with Gasteiger partial charge in [-0.25, -0.2) is 13.2 Å². The highest BCUT2D eigenvalue weighted by atomic mass is 32.2. The number of carbonyl (C=O) groups is 1. The van der Waals surface area contributed by atoms with Gasteiger partial charge < -0.3 is 11.1 Å². The Kier molecular flexibility index (Phi) is 5.64. The number of nitrogen functional groups attached to an aromatic ring is 1. The molecule has 0 fully saturated rings. The van der Waals surface area contributed by atoms with Gasteiger partial charge in [0.1, 0.15) is 0 Å². The van der Waals surface area contributed by atoms with Crippen molar-refractivity contribution in [3.8, 4) is 11.3 Å². The molecule has 4 N–H and O–H groups in total. The van der Waals surface area contributed by atoms with Crippen LogP contribution in [0.3, 0.4) is 0 Å². The highest BCUT2D eigenvalue weighted by molar-refractivity contribution is 7.99. The van der Waals surface area contributed by atoms with Crippen molar-refractivity contribution < 1.29 is 18.0 Å². The summed E-state index contributed by atoms with van der Waals surface area (Å²) < 4.78 is 39.6. The molecule has 7 nitrogen and oxygen atoms in total. The molecule has 0 aliphatic carbocycles. The molecule has 3 aromatic rings. The zero-order chi connectivity index (χ0) is 20.3. The lowest BCUT2D eigenvalue weighted by Gasteiger charge is -2.07. The van der Waals surface area contributed by atoms with Crippen molar-refractivity contribution >= 4 is 29.0 Å². The number of anilines is 2. The van der Waals surface area contributed by atoms with Gasteiger partial charge in [0.2, 0.25) is 5.91 Å². The number of para-hydroxylation sites is 1. The minimum absolute atomic E-state index is 0.0239. The molecule has 0 aliphatic rings. The molecular weight excluding hydrogens is 395 g/mol.